The second-order valence-corrected chi connectivity index (χ2v) is 4.16. The maximum absolute atomic E-state index is 12.2. The van der Waals surface area contributed by atoms with E-state index in [-0.39, 0.29) is 50.3 Å². The molecule has 0 aromatic carbocycles. The van der Waals surface area contributed by atoms with Crippen LogP contribution in [0.5, 0.6) is 0 Å². The molecule has 2 heterocycles. The van der Waals surface area contributed by atoms with Crippen molar-refractivity contribution in [3.8, 4) is 0 Å². The van der Waals surface area contributed by atoms with Crippen LogP contribution in [0.25, 0.3) is 0 Å². The van der Waals surface area contributed by atoms with Gasteiger partial charge in [0.2, 0.25) is 0 Å². The highest BCUT2D eigenvalue weighted by Crippen LogP contribution is 2.18. The lowest BCUT2D eigenvalue weighted by atomic mass is 10.3. The minimum absolute atomic E-state index is 0. The summed E-state index contributed by atoms with van der Waals surface area (Å²) in [4.78, 5) is 14.6. The molecular weight excluding hydrogens is 285 g/mol. The Hall–Kier alpha value is -1.21. The first kappa shape index (κ1) is 15.8. The van der Waals surface area contributed by atoms with Gasteiger partial charge in [0.15, 0.2) is 5.76 Å². The fourth-order valence-corrected chi connectivity index (χ4v) is 1.92. The molecule has 0 bridgehead atoms. The number of furan rings is 1. The van der Waals surface area contributed by atoms with Gasteiger partial charge in [-0.2, -0.15) is 13.2 Å². The molecular formula is C11H14ClF3N2O2. The molecule has 0 aliphatic carbocycles. The Morgan fingerprint density at radius 3 is 2.37 bits per heavy atom. The van der Waals surface area contributed by atoms with Crippen molar-refractivity contribution in [1.29, 1.82) is 0 Å². The third kappa shape index (κ3) is 4.43. The highest BCUT2D eigenvalue weighted by Gasteiger charge is 2.33. The molecule has 0 atom stereocenters. The Morgan fingerprint density at radius 1 is 1.26 bits per heavy atom. The van der Waals surface area contributed by atoms with Crippen LogP contribution in [0.4, 0.5) is 13.2 Å². The largest absolute Gasteiger partial charge is 0.459 e. The van der Waals surface area contributed by atoms with Crippen LogP contribution in [0.3, 0.4) is 0 Å². The SMILES string of the molecule is Cl.O=C(c1ccco1)N1CCN(CC(F)(F)F)CC1. The van der Waals surface area contributed by atoms with Gasteiger partial charge in [-0.25, -0.2) is 0 Å². The zero-order valence-corrected chi connectivity index (χ0v) is 10.8. The van der Waals surface area contributed by atoms with E-state index in [4.69, 9.17) is 4.42 Å². The molecule has 2 rings (SSSR count). The minimum Gasteiger partial charge on any atom is -0.459 e. The highest BCUT2D eigenvalue weighted by molar-refractivity contribution is 5.91. The number of hydrogen-bond acceptors (Lipinski definition) is 3. The van der Waals surface area contributed by atoms with Gasteiger partial charge in [0.25, 0.3) is 5.91 Å². The molecule has 8 heteroatoms. The van der Waals surface area contributed by atoms with Crippen LogP contribution in [-0.4, -0.2) is 54.6 Å². The molecule has 19 heavy (non-hydrogen) atoms. The van der Waals surface area contributed by atoms with E-state index < -0.39 is 12.7 Å². The summed E-state index contributed by atoms with van der Waals surface area (Å²) in [6, 6.07) is 3.15. The maximum Gasteiger partial charge on any atom is 0.401 e. The van der Waals surface area contributed by atoms with Crippen molar-refractivity contribution < 1.29 is 22.4 Å². The summed E-state index contributed by atoms with van der Waals surface area (Å²) in [5, 5.41) is 0. The topological polar surface area (TPSA) is 36.7 Å². The fraction of sp³-hybridized carbons (Fsp3) is 0.545. The van der Waals surface area contributed by atoms with Crippen molar-refractivity contribution in [2.75, 3.05) is 32.7 Å². The van der Waals surface area contributed by atoms with E-state index in [0.717, 1.165) is 0 Å². The van der Waals surface area contributed by atoms with E-state index in [0.29, 0.717) is 0 Å². The van der Waals surface area contributed by atoms with Gasteiger partial charge in [-0.05, 0) is 12.1 Å². The second kappa shape index (κ2) is 6.29. The van der Waals surface area contributed by atoms with E-state index in [1.807, 2.05) is 0 Å². The average Bonchev–Trinajstić information content (AvgIpc) is 2.80. The zero-order valence-electron chi connectivity index (χ0n) is 10.0. The molecule has 1 aliphatic heterocycles. The summed E-state index contributed by atoms with van der Waals surface area (Å²) in [5.41, 5.74) is 0. The van der Waals surface area contributed by atoms with Crippen LogP contribution in [0.2, 0.25) is 0 Å². The lowest BCUT2D eigenvalue weighted by molar-refractivity contribution is -0.148. The van der Waals surface area contributed by atoms with Crippen molar-refractivity contribution in [1.82, 2.24) is 9.80 Å². The summed E-state index contributed by atoms with van der Waals surface area (Å²) < 4.78 is 41.5. The van der Waals surface area contributed by atoms with Crippen LogP contribution in [0.1, 0.15) is 10.6 Å². The van der Waals surface area contributed by atoms with E-state index in [2.05, 4.69) is 0 Å². The van der Waals surface area contributed by atoms with Gasteiger partial charge < -0.3 is 9.32 Å². The van der Waals surface area contributed by atoms with Gasteiger partial charge >= 0.3 is 6.18 Å². The van der Waals surface area contributed by atoms with Crippen LogP contribution >= 0.6 is 12.4 Å². The van der Waals surface area contributed by atoms with E-state index in [9.17, 15) is 18.0 Å². The van der Waals surface area contributed by atoms with Gasteiger partial charge in [0.05, 0.1) is 12.8 Å². The number of nitrogens with zero attached hydrogens (tertiary/aromatic N) is 2. The number of carbonyl (C=O) groups excluding carboxylic acids is 1. The van der Waals surface area contributed by atoms with E-state index >= 15 is 0 Å². The normalized spacial score (nSPS) is 17.1. The Morgan fingerprint density at radius 2 is 1.89 bits per heavy atom. The molecule has 0 saturated carbocycles. The standard InChI is InChI=1S/C11H13F3N2O2.ClH/c12-11(13,14)8-15-3-5-16(6-4-15)10(17)9-2-1-7-18-9;/h1-2,7H,3-6,8H2;1H. The number of carbonyl (C=O) groups is 1. The third-order valence-corrected chi connectivity index (χ3v) is 2.79. The number of hydrogen-bond donors (Lipinski definition) is 0. The molecule has 1 amide bonds. The number of amides is 1. The molecule has 0 spiro atoms. The van der Waals surface area contributed by atoms with Crippen molar-refractivity contribution in [3.05, 3.63) is 24.2 Å². The average molecular weight is 299 g/mol. The Kier molecular flexibility index (Phi) is 5.25. The smallest absolute Gasteiger partial charge is 0.401 e. The van der Waals surface area contributed by atoms with Crippen molar-refractivity contribution >= 4 is 18.3 Å². The van der Waals surface area contributed by atoms with Crippen LogP contribution in [0, 0.1) is 0 Å². The van der Waals surface area contributed by atoms with Crippen molar-refractivity contribution in [2.24, 2.45) is 0 Å². The second-order valence-electron chi connectivity index (χ2n) is 4.16. The molecule has 0 unspecified atom stereocenters. The summed E-state index contributed by atoms with van der Waals surface area (Å²) in [7, 11) is 0. The summed E-state index contributed by atoms with van der Waals surface area (Å²) in [5.74, 6) is -0.0501. The Bertz CT molecular complexity index is 401. The highest BCUT2D eigenvalue weighted by atomic mass is 35.5. The van der Waals surface area contributed by atoms with Gasteiger partial charge in [-0.3, -0.25) is 9.69 Å². The Balaban J connectivity index is 0.00000180. The van der Waals surface area contributed by atoms with E-state index in [1.54, 1.807) is 12.1 Å². The summed E-state index contributed by atoms with van der Waals surface area (Å²) >= 11 is 0. The lowest BCUT2D eigenvalue weighted by Gasteiger charge is -2.34. The Labute approximate surface area is 114 Å². The van der Waals surface area contributed by atoms with Crippen molar-refractivity contribution in [2.45, 2.75) is 6.18 Å². The first-order valence-corrected chi connectivity index (χ1v) is 5.57. The fourth-order valence-electron chi connectivity index (χ4n) is 1.92. The van der Waals surface area contributed by atoms with Gasteiger partial charge in [0.1, 0.15) is 0 Å². The first-order chi connectivity index (χ1) is 8.46. The third-order valence-electron chi connectivity index (χ3n) is 2.79. The summed E-state index contributed by atoms with van der Waals surface area (Å²) in [6.45, 7) is 0.110. The van der Waals surface area contributed by atoms with Crippen molar-refractivity contribution in [3.63, 3.8) is 0 Å². The van der Waals surface area contributed by atoms with Crippen LogP contribution in [-0.2, 0) is 0 Å². The number of alkyl halides is 3. The molecule has 0 N–H and O–H groups in total. The number of rotatable bonds is 2. The number of piperazine rings is 1. The molecule has 1 aromatic rings. The monoisotopic (exact) mass is 298 g/mol. The summed E-state index contributed by atoms with van der Waals surface area (Å²) in [6.07, 6.45) is -2.79. The first-order valence-electron chi connectivity index (χ1n) is 5.57. The van der Waals surface area contributed by atoms with Gasteiger partial charge in [0, 0.05) is 26.2 Å². The quantitative estimate of drug-likeness (QED) is 0.838. The molecule has 1 saturated heterocycles. The molecule has 108 valence electrons. The zero-order chi connectivity index (χ0) is 13.2. The van der Waals surface area contributed by atoms with E-state index in [1.165, 1.54) is 16.1 Å². The predicted octanol–water partition coefficient (Wildman–Crippen LogP) is 2.02. The molecule has 1 fully saturated rings. The maximum atomic E-state index is 12.2. The molecule has 0 radical (unpaired) electrons. The van der Waals surface area contributed by atoms with Crippen LogP contribution in [0.15, 0.2) is 22.8 Å². The number of halogens is 4. The lowest BCUT2D eigenvalue weighted by Crippen LogP contribution is -2.50. The predicted molar refractivity (Wildman–Crippen MR) is 64.4 cm³/mol. The molecule has 1 aliphatic rings. The van der Waals surface area contributed by atoms with Gasteiger partial charge in [-0.1, -0.05) is 0 Å². The van der Waals surface area contributed by atoms with Gasteiger partial charge in [-0.15, -0.1) is 12.4 Å². The minimum atomic E-state index is -4.19. The molecule has 4 nitrogen and oxygen atoms in total. The molecule has 1 aromatic heterocycles. The van der Waals surface area contributed by atoms with Crippen LogP contribution < -0.4 is 0 Å².